The van der Waals surface area contributed by atoms with Crippen LogP contribution in [0.25, 0.3) is 0 Å². The van der Waals surface area contributed by atoms with E-state index in [4.69, 9.17) is 15.9 Å². The summed E-state index contributed by atoms with van der Waals surface area (Å²) in [7, 11) is 2.07. The van der Waals surface area contributed by atoms with Gasteiger partial charge in [0, 0.05) is 25.6 Å². The molecular weight excluding hydrogens is 190 g/mol. The second kappa shape index (κ2) is 6.08. The molecule has 2 unspecified atom stereocenters. The Hall–Kier alpha value is -0.610. The highest BCUT2D eigenvalue weighted by Gasteiger charge is 2.18. The molecule has 0 amide bonds. The maximum absolute atomic E-state index is 7.26. The van der Waals surface area contributed by atoms with E-state index in [-0.39, 0.29) is 5.84 Å². The third-order valence-corrected chi connectivity index (χ3v) is 3.03. The summed E-state index contributed by atoms with van der Waals surface area (Å²) in [6.45, 7) is 3.96. The molecule has 4 heteroatoms. The predicted molar refractivity (Wildman–Crippen MR) is 62.2 cm³/mol. The van der Waals surface area contributed by atoms with E-state index in [1.54, 1.807) is 0 Å². The maximum Gasteiger partial charge on any atom is 0.0920 e. The van der Waals surface area contributed by atoms with Crippen LogP contribution in [-0.2, 0) is 4.74 Å². The lowest BCUT2D eigenvalue weighted by atomic mass is 10.1. The van der Waals surface area contributed by atoms with Gasteiger partial charge in [0.15, 0.2) is 0 Å². The Morgan fingerprint density at radius 1 is 1.60 bits per heavy atom. The van der Waals surface area contributed by atoms with E-state index in [0.717, 1.165) is 19.6 Å². The Morgan fingerprint density at radius 2 is 2.33 bits per heavy atom. The molecule has 0 spiro atoms. The molecule has 1 rings (SSSR count). The third-order valence-electron chi connectivity index (χ3n) is 3.03. The van der Waals surface area contributed by atoms with Gasteiger partial charge in [0.05, 0.1) is 11.9 Å². The molecule has 0 aromatic rings. The quantitative estimate of drug-likeness (QED) is 0.533. The first-order valence-electron chi connectivity index (χ1n) is 5.74. The molecule has 1 fully saturated rings. The van der Waals surface area contributed by atoms with Gasteiger partial charge in [0.2, 0.25) is 0 Å². The van der Waals surface area contributed by atoms with Crippen LogP contribution in [0, 0.1) is 5.41 Å². The van der Waals surface area contributed by atoms with Gasteiger partial charge >= 0.3 is 0 Å². The Balaban J connectivity index is 2.26. The summed E-state index contributed by atoms with van der Waals surface area (Å²) in [6, 6.07) is 0.327. The van der Waals surface area contributed by atoms with Crippen LogP contribution in [0.2, 0.25) is 0 Å². The van der Waals surface area contributed by atoms with Crippen LogP contribution in [0.1, 0.15) is 32.6 Å². The molecule has 3 N–H and O–H groups in total. The lowest BCUT2D eigenvalue weighted by molar-refractivity contribution is -0.00655. The van der Waals surface area contributed by atoms with Crippen molar-refractivity contribution in [2.45, 2.75) is 44.8 Å². The molecule has 1 saturated heterocycles. The second-order valence-corrected chi connectivity index (χ2v) is 4.51. The summed E-state index contributed by atoms with van der Waals surface area (Å²) < 4.78 is 5.68. The number of hydrogen-bond donors (Lipinski definition) is 2. The number of rotatable bonds is 5. The molecule has 4 nitrogen and oxygen atoms in total. The van der Waals surface area contributed by atoms with E-state index < -0.39 is 0 Å². The van der Waals surface area contributed by atoms with Gasteiger partial charge in [-0.25, -0.2) is 0 Å². The van der Waals surface area contributed by atoms with Crippen molar-refractivity contribution in [2.75, 3.05) is 20.2 Å². The number of likely N-dealkylation sites (N-methyl/N-ethyl adjacent to an activating group) is 1. The normalized spacial score (nSPS) is 24.1. The van der Waals surface area contributed by atoms with Gasteiger partial charge in [-0.05, 0) is 33.2 Å². The highest BCUT2D eigenvalue weighted by Crippen LogP contribution is 2.14. The zero-order chi connectivity index (χ0) is 11.3. The summed E-state index contributed by atoms with van der Waals surface area (Å²) in [6.07, 6.45) is 4.65. The average Bonchev–Trinajstić information content (AvgIpc) is 2.18. The standard InChI is InChI=1S/C11H23N3O/c1-9(7-11(12)13)14(2)8-10-5-3-4-6-15-10/h9-10H,3-8H2,1-2H3,(H3,12,13). The van der Waals surface area contributed by atoms with Crippen LogP contribution in [0.15, 0.2) is 0 Å². The number of ether oxygens (including phenoxy) is 1. The van der Waals surface area contributed by atoms with E-state index in [2.05, 4.69) is 18.9 Å². The van der Waals surface area contributed by atoms with Crippen molar-refractivity contribution in [1.29, 1.82) is 5.41 Å². The number of amidine groups is 1. The lowest BCUT2D eigenvalue weighted by Crippen LogP contribution is -2.40. The average molecular weight is 213 g/mol. The smallest absolute Gasteiger partial charge is 0.0920 e. The number of nitrogens with one attached hydrogen (secondary N) is 1. The molecule has 88 valence electrons. The van der Waals surface area contributed by atoms with Gasteiger partial charge in [-0.15, -0.1) is 0 Å². The fourth-order valence-corrected chi connectivity index (χ4v) is 1.93. The van der Waals surface area contributed by atoms with Crippen molar-refractivity contribution in [3.05, 3.63) is 0 Å². The molecule has 0 saturated carbocycles. The van der Waals surface area contributed by atoms with Crippen LogP contribution in [0.5, 0.6) is 0 Å². The highest BCUT2D eigenvalue weighted by molar-refractivity contribution is 5.77. The zero-order valence-electron chi connectivity index (χ0n) is 9.83. The van der Waals surface area contributed by atoms with Crippen molar-refractivity contribution in [1.82, 2.24) is 4.90 Å². The zero-order valence-corrected chi connectivity index (χ0v) is 9.83. The molecule has 1 heterocycles. The first kappa shape index (κ1) is 12.5. The topological polar surface area (TPSA) is 62.3 Å². The second-order valence-electron chi connectivity index (χ2n) is 4.51. The Morgan fingerprint density at radius 3 is 2.87 bits per heavy atom. The lowest BCUT2D eigenvalue weighted by Gasteiger charge is -2.30. The predicted octanol–water partition coefficient (Wildman–Crippen LogP) is 1.20. The molecule has 0 aliphatic carbocycles. The van der Waals surface area contributed by atoms with Crippen molar-refractivity contribution in [2.24, 2.45) is 5.73 Å². The van der Waals surface area contributed by atoms with Crippen molar-refractivity contribution in [3.8, 4) is 0 Å². The van der Waals surface area contributed by atoms with Gasteiger partial charge in [-0.1, -0.05) is 0 Å². The minimum absolute atomic E-state index is 0.263. The number of hydrogen-bond acceptors (Lipinski definition) is 3. The number of nitrogens with zero attached hydrogens (tertiary/aromatic N) is 1. The fourth-order valence-electron chi connectivity index (χ4n) is 1.93. The molecule has 0 aromatic carbocycles. The van der Waals surface area contributed by atoms with Gasteiger partial charge < -0.3 is 15.4 Å². The molecule has 0 aromatic heterocycles. The molecule has 2 atom stereocenters. The highest BCUT2D eigenvalue weighted by atomic mass is 16.5. The number of nitrogens with two attached hydrogens (primary N) is 1. The van der Waals surface area contributed by atoms with Crippen LogP contribution in [0.3, 0.4) is 0 Å². The SMILES string of the molecule is CC(CC(=N)N)N(C)CC1CCCCO1. The fraction of sp³-hybridized carbons (Fsp3) is 0.909. The van der Waals surface area contributed by atoms with Crippen molar-refractivity contribution >= 4 is 5.84 Å². The summed E-state index contributed by atoms with van der Waals surface area (Å²) >= 11 is 0. The van der Waals surface area contributed by atoms with Crippen molar-refractivity contribution in [3.63, 3.8) is 0 Å². The summed E-state index contributed by atoms with van der Waals surface area (Å²) in [5.74, 6) is 0.263. The minimum Gasteiger partial charge on any atom is -0.388 e. The van der Waals surface area contributed by atoms with Crippen LogP contribution >= 0.6 is 0 Å². The van der Waals surface area contributed by atoms with Gasteiger partial charge in [0.1, 0.15) is 0 Å². The van der Waals surface area contributed by atoms with E-state index >= 15 is 0 Å². The Bertz CT molecular complexity index is 202. The van der Waals surface area contributed by atoms with Gasteiger partial charge in [-0.2, -0.15) is 0 Å². The van der Waals surface area contributed by atoms with E-state index in [9.17, 15) is 0 Å². The van der Waals surface area contributed by atoms with E-state index in [1.165, 1.54) is 12.8 Å². The molecule has 0 bridgehead atoms. The molecule has 1 aliphatic rings. The van der Waals surface area contributed by atoms with E-state index in [0.29, 0.717) is 18.6 Å². The summed E-state index contributed by atoms with van der Waals surface area (Å²) in [5, 5.41) is 7.26. The Kier molecular flexibility index (Phi) is 5.05. The third kappa shape index (κ3) is 4.62. The molecule has 15 heavy (non-hydrogen) atoms. The monoisotopic (exact) mass is 213 g/mol. The Labute approximate surface area is 92.3 Å². The van der Waals surface area contributed by atoms with E-state index in [1.807, 2.05) is 0 Å². The molecular formula is C11H23N3O. The molecule has 0 radical (unpaired) electrons. The minimum atomic E-state index is 0.263. The summed E-state index contributed by atoms with van der Waals surface area (Å²) in [4.78, 5) is 2.23. The van der Waals surface area contributed by atoms with Crippen molar-refractivity contribution < 1.29 is 4.74 Å². The van der Waals surface area contributed by atoms with Gasteiger partial charge in [-0.3, -0.25) is 5.41 Å². The van der Waals surface area contributed by atoms with Crippen LogP contribution in [-0.4, -0.2) is 43.1 Å². The summed E-state index contributed by atoms with van der Waals surface area (Å²) in [5.41, 5.74) is 5.39. The first-order chi connectivity index (χ1) is 7.09. The largest absolute Gasteiger partial charge is 0.388 e. The molecule has 1 aliphatic heterocycles. The van der Waals surface area contributed by atoms with Crippen LogP contribution in [0.4, 0.5) is 0 Å². The van der Waals surface area contributed by atoms with Crippen LogP contribution < -0.4 is 5.73 Å². The van der Waals surface area contributed by atoms with Gasteiger partial charge in [0.25, 0.3) is 0 Å². The first-order valence-corrected chi connectivity index (χ1v) is 5.74. The maximum atomic E-state index is 7.26.